The van der Waals surface area contributed by atoms with E-state index in [-0.39, 0.29) is 30.3 Å². The quantitative estimate of drug-likeness (QED) is 0.378. The zero-order valence-corrected chi connectivity index (χ0v) is 18.0. The molecule has 0 saturated carbocycles. The van der Waals surface area contributed by atoms with Gasteiger partial charge in [-0.15, -0.1) is 13.2 Å². The molecule has 0 fully saturated rings. The Labute approximate surface area is 188 Å². The van der Waals surface area contributed by atoms with Crippen molar-refractivity contribution in [3.05, 3.63) is 78.0 Å². The molecule has 0 amide bonds. The summed E-state index contributed by atoms with van der Waals surface area (Å²) >= 11 is 0. The highest BCUT2D eigenvalue weighted by molar-refractivity contribution is 5.84. The van der Waals surface area contributed by atoms with E-state index in [1.807, 2.05) is 32.0 Å². The lowest BCUT2D eigenvalue weighted by molar-refractivity contribution is -0.274. The molecule has 0 saturated heterocycles. The molecule has 1 unspecified atom stereocenters. The summed E-state index contributed by atoms with van der Waals surface area (Å²) in [5, 5.41) is 5.30. The minimum Gasteiger partial charge on any atom is -0.406 e. The number of rotatable bonds is 7. The van der Waals surface area contributed by atoms with Crippen LogP contribution in [0.3, 0.4) is 0 Å². The number of hydrogen-bond donors (Lipinski definition) is 0. The SMILES string of the molecule is Cc1cc(-n2ncc3cc(CC(=O)CC(C)c4ccc(OC(F)(F)F)cc4)ncc32)ccn1. The zero-order chi connectivity index (χ0) is 23.6. The van der Waals surface area contributed by atoms with E-state index in [1.54, 1.807) is 35.4 Å². The highest BCUT2D eigenvalue weighted by atomic mass is 19.4. The molecule has 0 aliphatic heterocycles. The number of nitrogens with zero attached hydrogens (tertiary/aromatic N) is 4. The van der Waals surface area contributed by atoms with E-state index in [4.69, 9.17) is 0 Å². The van der Waals surface area contributed by atoms with Gasteiger partial charge in [0.05, 0.1) is 23.6 Å². The molecule has 4 rings (SSSR count). The number of benzene rings is 1. The molecule has 1 atom stereocenters. The van der Waals surface area contributed by atoms with Gasteiger partial charge in [-0.05, 0) is 48.7 Å². The van der Waals surface area contributed by atoms with E-state index in [0.29, 0.717) is 5.69 Å². The Morgan fingerprint density at radius 2 is 1.85 bits per heavy atom. The van der Waals surface area contributed by atoms with Gasteiger partial charge in [0.15, 0.2) is 0 Å². The molecule has 0 radical (unpaired) electrons. The first-order chi connectivity index (χ1) is 15.7. The van der Waals surface area contributed by atoms with E-state index >= 15 is 0 Å². The van der Waals surface area contributed by atoms with Crippen LogP contribution < -0.4 is 4.74 Å². The van der Waals surface area contributed by atoms with Crippen molar-refractivity contribution in [1.29, 1.82) is 0 Å². The number of pyridine rings is 2. The average Bonchev–Trinajstić information content (AvgIpc) is 3.16. The minimum absolute atomic E-state index is 0.0119. The van der Waals surface area contributed by atoms with Gasteiger partial charge in [0.25, 0.3) is 0 Å². The number of aryl methyl sites for hydroxylation is 1. The first-order valence-corrected chi connectivity index (χ1v) is 10.3. The van der Waals surface area contributed by atoms with Crippen molar-refractivity contribution in [3.8, 4) is 11.4 Å². The summed E-state index contributed by atoms with van der Waals surface area (Å²) < 4.78 is 42.6. The second kappa shape index (κ2) is 9.01. The molecular formula is C24H21F3N4O2. The number of ether oxygens (including phenoxy) is 1. The maximum atomic E-state index is 12.6. The van der Waals surface area contributed by atoms with Crippen molar-refractivity contribution in [1.82, 2.24) is 19.7 Å². The van der Waals surface area contributed by atoms with Gasteiger partial charge in [0.2, 0.25) is 0 Å². The molecule has 6 nitrogen and oxygen atoms in total. The molecule has 4 aromatic rings. The van der Waals surface area contributed by atoms with Crippen LogP contribution in [0, 0.1) is 6.92 Å². The van der Waals surface area contributed by atoms with Gasteiger partial charge >= 0.3 is 6.36 Å². The summed E-state index contributed by atoms with van der Waals surface area (Å²) in [5.41, 5.74) is 3.98. The summed E-state index contributed by atoms with van der Waals surface area (Å²) in [6.45, 7) is 3.76. The number of carbonyl (C=O) groups is 1. The third-order valence-electron chi connectivity index (χ3n) is 5.23. The maximum absolute atomic E-state index is 12.6. The van der Waals surface area contributed by atoms with E-state index in [0.717, 1.165) is 27.8 Å². The Balaban J connectivity index is 1.41. The van der Waals surface area contributed by atoms with E-state index in [1.165, 1.54) is 12.1 Å². The first kappa shape index (κ1) is 22.4. The molecule has 9 heteroatoms. The predicted molar refractivity (Wildman–Crippen MR) is 116 cm³/mol. The van der Waals surface area contributed by atoms with Crippen LogP contribution in [0.1, 0.15) is 36.2 Å². The van der Waals surface area contributed by atoms with Crippen LogP contribution in [-0.2, 0) is 11.2 Å². The predicted octanol–water partition coefficient (Wildman–Crippen LogP) is 5.33. The Kier molecular flexibility index (Phi) is 6.13. The van der Waals surface area contributed by atoms with Gasteiger partial charge in [-0.3, -0.25) is 14.8 Å². The van der Waals surface area contributed by atoms with Gasteiger partial charge in [0.1, 0.15) is 11.5 Å². The number of halogens is 3. The summed E-state index contributed by atoms with van der Waals surface area (Å²) in [6.07, 6.45) is 0.822. The average molecular weight is 454 g/mol. The molecule has 0 aliphatic carbocycles. The first-order valence-electron chi connectivity index (χ1n) is 10.3. The Morgan fingerprint density at radius 3 is 2.55 bits per heavy atom. The molecule has 3 heterocycles. The summed E-state index contributed by atoms with van der Waals surface area (Å²) in [4.78, 5) is 21.2. The van der Waals surface area contributed by atoms with Crippen molar-refractivity contribution >= 4 is 16.7 Å². The molecule has 1 aromatic carbocycles. The number of Topliss-reactive ketones (excluding diaryl/α,β-unsaturated/α-hetero) is 1. The second-order valence-corrected chi connectivity index (χ2v) is 7.88. The number of fused-ring (bicyclic) bond motifs is 1. The fourth-order valence-corrected chi connectivity index (χ4v) is 3.67. The topological polar surface area (TPSA) is 69.9 Å². The third-order valence-corrected chi connectivity index (χ3v) is 5.23. The number of carbonyl (C=O) groups excluding carboxylic acids is 1. The minimum atomic E-state index is -4.73. The lowest BCUT2D eigenvalue weighted by Crippen LogP contribution is -2.17. The number of ketones is 1. The van der Waals surface area contributed by atoms with Crippen LogP contribution in [0.4, 0.5) is 13.2 Å². The van der Waals surface area contributed by atoms with Crippen LogP contribution >= 0.6 is 0 Å². The third kappa shape index (κ3) is 5.54. The monoisotopic (exact) mass is 454 g/mol. The lowest BCUT2D eigenvalue weighted by atomic mass is 9.94. The van der Waals surface area contributed by atoms with Crippen LogP contribution in [0.15, 0.2) is 61.1 Å². The Bertz CT molecular complexity index is 1280. The Morgan fingerprint density at radius 1 is 1.09 bits per heavy atom. The van der Waals surface area contributed by atoms with Crippen molar-refractivity contribution in [2.75, 3.05) is 0 Å². The van der Waals surface area contributed by atoms with Gasteiger partial charge in [-0.2, -0.15) is 5.10 Å². The zero-order valence-electron chi connectivity index (χ0n) is 18.0. The van der Waals surface area contributed by atoms with Crippen molar-refractivity contribution < 1.29 is 22.7 Å². The fourth-order valence-electron chi connectivity index (χ4n) is 3.67. The summed E-state index contributed by atoms with van der Waals surface area (Å²) in [7, 11) is 0. The molecule has 0 aliphatic rings. The van der Waals surface area contributed by atoms with Gasteiger partial charge in [-0.25, -0.2) is 4.68 Å². The van der Waals surface area contributed by atoms with Crippen LogP contribution in [0.25, 0.3) is 16.6 Å². The number of hydrogen-bond acceptors (Lipinski definition) is 5. The smallest absolute Gasteiger partial charge is 0.406 e. The second-order valence-electron chi connectivity index (χ2n) is 7.88. The fraction of sp³-hybridized carbons (Fsp3) is 0.250. The summed E-state index contributed by atoms with van der Waals surface area (Å²) in [6, 6.07) is 11.2. The molecule has 0 spiro atoms. The van der Waals surface area contributed by atoms with E-state index in [9.17, 15) is 18.0 Å². The van der Waals surface area contributed by atoms with E-state index < -0.39 is 6.36 Å². The normalized spacial score (nSPS) is 12.6. The highest BCUT2D eigenvalue weighted by Gasteiger charge is 2.31. The molecule has 0 bridgehead atoms. The van der Waals surface area contributed by atoms with Gasteiger partial charge in [0, 0.05) is 35.8 Å². The van der Waals surface area contributed by atoms with Crippen LogP contribution in [0.2, 0.25) is 0 Å². The van der Waals surface area contributed by atoms with Crippen molar-refractivity contribution in [3.63, 3.8) is 0 Å². The number of aromatic nitrogens is 4. The summed E-state index contributed by atoms with van der Waals surface area (Å²) in [5.74, 6) is -0.453. The largest absolute Gasteiger partial charge is 0.573 e. The molecule has 170 valence electrons. The highest BCUT2D eigenvalue weighted by Crippen LogP contribution is 2.27. The van der Waals surface area contributed by atoms with Gasteiger partial charge < -0.3 is 4.74 Å². The van der Waals surface area contributed by atoms with Crippen molar-refractivity contribution in [2.45, 2.75) is 39.0 Å². The van der Waals surface area contributed by atoms with Crippen molar-refractivity contribution in [2.24, 2.45) is 0 Å². The molecule has 3 aromatic heterocycles. The lowest BCUT2D eigenvalue weighted by Gasteiger charge is -2.13. The van der Waals surface area contributed by atoms with Crippen LogP contribution in [-0.4, -0.2) is 31.9 Å². The maximum Gasteiger partial charge on any atom is 0.573 e. The molecular weight excluding hydrogens is 433 g/mol. The molecule has 33 heavy (non-hydrogen) atoms. The Hall–Kier alpha value is -3.75. The number of alkyl halides is 3. The molecule has 0 N–H and O–H groups in total. The standard InChI is InChI=1S/C24H21F3N4O2/c1-15(17-3-5-22(6-4-17)33-24(25,26)27)9-21(32)12-19-11-18-13-30-31(23(18)14-29-19)20-7-8-28-16(2)10-20/h3-8,10-11,13-15H,9,12H2,1-2H3. The van der Waals surface area contributed by atoms with Gasteiger partial charge in [-0.1, -0.05) is 19.1 Å². The van der Waals surface area contributed by atoms with Crippen LogP contribution in [0.5, 0.6) is 5.75 Å². The van der Waals surface area contributed by atoms with E-state index in [2.05, 4.69) is 19.8 Å².